The lowest BCUT2D eigenvalue weighted by Gasteiger charge is -2.34. The molecule has 0 bridgehead atoms. The second-order valence-corrected chi connectivity index (χ2v) is 12.0. The van der Waals surface area contributed by atoms with Gasteiger partial charge in [-0.3, -0.25) is 0 Å². The molecule has 1 aliphatic rings. The molecule has 3 amide bonds. The van der Waals surface area contributed by atoms with Crippen LogP contribution in [0.25, 0.3) is 0 Å². The highest BCUT2D eigenvalue weighted by atomic mass is 19.1. The smallest absolute Gasteiger partial charge is 0.408 e. The molecule has 1 heterocycles. The Morgan fingerprint density at radius 3 is 2.32 bits per heavy atom. The summed E-state index contributed by atoms with van der Waals surface area (Å²) >= 11 is 0. The van der Waals surface area contributed by atoms with E-state index in [-0.39, 0.29) is 17.5 Å². The maximum absolute atomic E-state index is 15.1. The van der Waals surface area contributed by atoms with Crippen LogP contribution in [-0.2, 0) is 14.3 Å². The molecular weight excluding hydrogens is 531 g/mol. The first-order valence-corrected chi connectivity index (χ1v) is 14.3. The van der Waals surface area contributed by atoms with E-state index in [0.29, 0.717) is 43.1 Å². The van der Waals surface area contributed by atoms with Gasteiger partial charge in [0, 0.05) is 31.0 Å². The Hall–Kier alpha value is -3.37. The number of carbonyl (C=O) groups is 3. The van der Waals surface area contributed by atoms with Crippen LogP contribution in [0.15, 0.2) is 23.2 Å². The number of amidine groups is 1. The van der Waals surface area contributed by atoms with Crippen LogP contribution in [0, 0.1) is 23.6 Å². The average molecular weight is 579 g/mol. The van der Waals surface area contributed by atoms with Gasteiger partial charge in [0.05, 0.1) is 13.7 Å². The van der Waals surface area contributed by atoms with Crippen molar-refractivity contribution >= 4 is 23.9 Å². The van der Waals surface area contributed by atoms with Crippen molar-refractivity contribution in [2.24, 2.45) is 28.5 Å². The topological polar surface area (TPSA) is 133 Å². The summed E-state index contributed by atoms with van der Waals surface area (Å²) in [5.41, 5.74) is 5.30. The second-order valence-electron chi connectivity index (χ2n) is 12.0. The Morgan fingerprint density at radius 1 is 1.15 bits per heavy atom. The van der Waals surface area contributed by atoms with Gasteiger partial charge in [-0.25, -0.2) is 18.8 Å². The van der Waals surface area contributed by atoms with Crippen LogP contribution in [0.1, 0.15) is 79.2 Å². The lowest BCUT2D eigenvalue weighted by molar-refractivity contribution is -0.143. The molecule has 1 saturated heterocycles. The molecule has 0 radical (unpaired) electrons. The number of carbonyl (C=O) groups excluding carboxylic acids is 3. The quantitative estimate of drug-likeness (QED) is 0.220. The molecule has 1 aliphatic heterocycles. The van der Waals surface area contributed by atoms with E-state index < -0.39 is 35.4 Å². The summed E-state index contributed by atoms with van der Waals surface area (Å²) in [6, 6.07) is 3.06. The van der Waals surface area contributed by atoms with E-state index in [0.717, 1.165) is 19.3 Å². The number of nitrogens with zero attached hydrogens (tertiary/aromatic N) is 2. The highest BCUT2D eigenvalue weighted by molar-refractivity contribution is 5.93. The predicted molar refractivity (Wildman–Crippen MR) is 155 cm³/mol. The van der Waals surface area contributed by atoms with Gasteiger partial charge in [-0.05, 0) is 63.5 Å². The number of nitrogens with one attached hydrogen (secondary N) is 1. The van der Waals surface area contributed by atoms with Crippen LogP contribution in [0.3, 0.4) is 0 Å². The van der Waals surface area contributed by atoms with Crippen LogP contribution in [0.4, 0.5) is 14.0 Å². The number of halogens is 1. The summed E-state index contributed by atoms with van der Waals surface area (Å²) in [5.74, 6) is -0.428. The van der Waals surface area contributed by atoms with E-state index in [1.807, 2.05) is 13.8 Å². The van der Waals surface area contributed by atoms with E-state index in [9.17, 15) is 14.4 Å². The zero-order valence-electron chi connectivity index (χ0n) is 25.7. The van der Waals surface area contributed by atoms with E-state index in [1.165, 1.54) is 13.2 Å². The highest BCUT2D eigenvalue weighted by Crippen LogP contribution is 2.29. The molecule has 1 aromatic rings. The summed E-state index contributed by atoms with van der Waals surface area (Å²) < 4.78 is 31.0. The van der Waals surface area contributed by atoms with Gasteiger partial charge in [0.25, 0.3) is 0 Å². The standard InChI is InChI=1S/C30H47FN4O6/c1-18(2)26(32)34-28(37)35-14-11-21(12-15-35)19(3)13-16-40-22-9-10-23(24(31)17-22)20(4)25(27(36)39-8)33-29(38)41-30(5,6)7/h9-10,17-21,25H,11-16H2,1-8H3,(H,33,38)(H2,32,34,37)/t19-,20+,25+/m1/s1. The normalized spacial score (nSPS) is 17.0. The Morgan fingerprint density at radius 2 is 1.78 bits per heavy atom. The van der Waals surface area contributed by atoms with E-state index >= 15 is 4.39 Å². The molecule has 2 rings (SSSR count). The zero-order valence-corrected chi connectivity index (χ0v) is 25.7. The summed E-state index contributed by atoms with van der Waals surface area (Å²) in [5, 5.41) is 2.50. The van der Waals surface area contributed by atoms with Gasteiger partial charge in [-0.1, -0.05) is 33.8 Å². The van der Waals surface area contributed by atoms with Crippen molar-refractivity contribution < 1.29 is 33.0 Å². The number of rotatable bonds is 10. The number of piperidine rings is 1. The second kappa shape index (κ2) is 15.0. The van der Waals surface area contributed by atoms with Crippen LogP contribution < -0.4 is 15.8 Å². The predicted octanol–water partition coefficient (Wildman–Crippen LogP) is 5.25. The lowest BCUT2D eigenvalue weighted by Crippen LogP contribution is -2.46. The molecule has 41 heavy (non-hydrogen) atoms. The molecule has 230 valence electrons. The first-order valence-electron chi connectivity index (χ1n) is 14.3. The Labute approximate surface area is 243 Å². The van der Waals surface area contributed by atoms with Crippen molar-refractivity contribution in [3.8, 4) is 5.75 Å². The summed E-state index contributed by atoms with van der Waals surface area (Å²) in [6.45, 7) is 14.4. The monoisotopic (exact) mass is 578 g/mol. The summed E-state index contributed by atoms with van der Waals surface area (Å²) in [6.07, 6.45) is 1.74. The zero-order chi connectivity index (χ0) is 30.9. The Kier molecular flexibility index (Phi) is 12.4. The number of hydrogen-bond acceptors (Lipinski definition) is 6. The average Bonchev–Trinajstić information content (AvgIpc) is 2.90. The van der Waals surface area contributed by atoms with Gasteiger partial charge in [0.15, 0.2) is 0 Å². The molecule has 0 unspecified atom stereocenters. The molecule has 10 nitrogen and oxygen atoms in total. The van der Waals surface area contributed by atoms with Gasteiger partial charge in [0.1, 0.15) is 29.0 Å². The molecular formula is C30H47FN4O6. The molecule has 0 spiro atoms. The lowest BCUT2D eigenvalue weighted by atomic mass is 9.84. The van der Waals surface area contributed by atoms with Crippen molar-refractivity contribution in [3.05, 3.63) is 29.6 Å². The molecule has 0 aliphatic carbocycles. The number of alkyl carbamates (subject to hydrolysis) is 1. The van der Waals surface area contributed by atoms with Gasteiger partial charge < -0.3 is 30.2 Å². The number of nitrogens with two attached hydrogens (primary N) is 1. The fourth-order valence-corrected chi connectivity index (χ4v) is 4.66. The van der Waals surface area contributed by atoms with Crippen LogP contribution in [0.5, 0.6) is 5.75 Å². The minimum Gasteiger partial charge on any atom is -0.493 e. The molecule has 0 saturated carbocycles. The third kappa shape index (κ3) is 10.5. The van der Waals surface area contributed by atoms with Crippen LogP contribution in [0.2, 0.25) is 0 Å². The molecule has 3 N–H and O–H groups in total. The van der Waals surface area contributed by atoms with Crippen molar-refractivity contribution in [2.45, 2.75) is 85.3 Å². The van der Waals surface area contributed by atoms with Crippen molar-refractivity contribution in [1.29, 1.82) is 0 Å². The maximum atomic E-state index is 15.1. The highest BCUT2D eigenvalue weighted by Gasteiger charge is 2.32. The number of ether oxygens (including phenoxy) is 3. The third-order valence-electron chi connectivity index (χ3n) is 7.36. The minimum absolute atomic E-state index is 0.0301. The number of methoxy groups -OCH3 is 1. The first-order chi connectivity index (χ1) is 19.1. The minimum atomic E-state index is -1.14. The maximum Gasteiger partial charge on any atom is 0.408 e. The number of amides is 3. The third-order valence-corrected chi connectivity index (χ3v) is 7.36. The van der Waals surface area contributed by atoms with E-state index in [4.69, 9.17) is 19.9 Å². The molecule has 0 aromatic heterocycles. The SMILES string of the molecule is COC(=O)[C@@H](NC(=O)OC(C)(C)C)[C@@H](C)c1ccc(OCC[C@@H](C)C2CCN(C(=O)N=C(N)C(C)C)CC2)cc1F. The van der Waals surface area contributed by atoms with Crippen molar-refractivity contribution in [1.82, 2.24) is 10.2 Å². The fraction of sp³-hybridized carbons (Fsp3) is 0.667. The molecule has 1 fully saturated rings. The fourth-order valence-electron chi connectivity index (χ4n) is 4.66. The first kappa shape index (κ1) is 33.8. The largest absolute Gasteiger partial charge is 0.493 e. The Balaban J connectivity index is 1.91. The molecule has 1 aromatic carbocycles. The van der Waals surface area contributed by atoms with Crippen LogP contribution in [-0.4, -0.2) is 67.3 Å². The number of hydrogen-bond donors (Lipinski definition) is 2. The number of aliphatic imine (C=N–C) groups is 1. The Bertz CT molecular complexity index is 1080. The van der Waals surface area contributed by atoms with Crippen molar-refractivity contribution in [3.63, 3.8) is 0 Å². The summed E-state index contributed by atoms with van der Waals surface area (Å²) in [7, 11) is 1.20. The number of urea groups is 1. The molecule has 3 atom stereocenters. The van der Waals surface area contributed by atoms with Crippen LogP contribution >= 0.6 is 0 Å². The summed E-state index contributed by atoms with van der Waals surface area (Å²) in [4.78, 5) is 42.8. The van der Waals surface area contributed by atoms with Gasteiger partial charge in [0.2, 0.25) is 0 Å². The van der Waals surface area contributed by atoms with Gasteiger partial charge in [-0.15, -0.1) is 0 Å². The van der Waals surface area contributed by atoms with Gasteiger partial charge >= 0.3 is 18.1 Å². The van der Waals surface area contributed by atoms with E-state index in [2.05, 4.69) is 17.2 Å². The van der Waals surface area contributed by atoms with Crippen molar-refractivity contribution in [2.75, 3.05) is 26.8 Å². The number of esters is 1. The number of benzene rings is 1. The number of likely N-dealkylation sites (tertiary alicyclic amines) is 1. The molecule has 11 heteroatoms. The van der Waals surface area contributed by atoms with E-state index in [1.54, 1.807) is 44.7 Å². The van der Waals surface area contributed by atoms with Gasteiger partial charge in [-0.2, -0.15) is 4.99 Å².